The Balaban J connectivity index is 2.30. The number of hydrogen-bond acceptors (Lipinski definition) is 3. The van der Waals surface area contributed by atoms with E-state index in [4.69, 9.17) is 5.84 Å². The van der Waals surface area contributed by atoms with Crippen LogP contribution in [-0.4, -0.2) is 9.97 Å². The standard InChI is InChI=1S/C11H11BrF2N4/c12-7-1-2-8(13)6(10(7)14)5-9(18-15)11-16-3-4-17-11/h1-4,9,18H,5,15H2,(H,16,17). The molecule has 0 radical (unpaired) electrons. The van der Waals surface area contributed by atoms with Gasteiger partial charge in [0.2, 0.25) is 0 Å². The summed E-state index contributed by atoms with van der Waals surface area (Å²) in [5.41, 5.74) is 2.45. The molecule has 1 heterocycles. The third-order valence-electron chi connectivity index (χ3n) is 2.60. The molecule has 0 fully saturated rings. The van der Waals surface area contributed by atoms with Gasteiger partial charge >= 0.3 is 0 Å². The number of aromatic amines is 1. The number of hydrazine groups is 1. The lowest BCUT2D eigenvalue weighted by molar-refractivity contribution is 0.485. The second-order valence-corrected chi connectivity index (χ2v) is 4.57. The Hall–Kier alpha value is -1.31. The highest BCUT2D eigenvalue weighted by Gasteiger charge is 2.19. The zero-order chi connectivity index (χ0) is 13.1. The highest BCUT2D eigenvalue weighted by molar-refractivity contribution is 9.10. The van der Waals surface area contributed by atoms with Crippen LogP contribution >= 0.6 is 15.9 Å². The van der Waals surface area contributed by atoms with Gasteiger partial charge in [0.15, 0.2) is 0 Å². The van der Waals surface area contributed by atoms with Crippen molar-refractivity contribution in [1.29, 1.82) is 0 Å². The van der Waals surface area contributed by atoms with Gasteiger partial charge in [0.1, 0.15) is 17.5 Å². The number of H-pyrrole nitrogens is 1. The van der Waals surface area contributed by atoms with Gasteiger partial charge in [-0.05, 0) is 28.1 Å². The van der Waals surface area contributed by atoms with E-state index < -0.39 is 17.7 Å². The minimum Gasteiger partial charge on any atom is -0.347 e. The third kappa shape index (κ3) is 2.58. The predicted molar refractivity (Wildman–Crippen MR) is 66.4 cm³/mol. The van der Waals surface area contributed by atoms with Crippen molar-refractivity contribution in [2.24, 2.45) is 5.84 Å². The van der Waals surface area contributed by atoms with Gasteiger partial charge in [-0.3, -0.25) is 5.84 Å². The normalized spacial score (nSPS) is 12.7. The predicted octanol–water partition coefficient (Wildman–Crippen LogP) is 2.20. The van der Waals surface area contributed by atoms with Crippen molar-refractivity contribution in [3.8, 4) is 0 Å². The minimum atomic E-state index is -0.623. The van der Waals surface area contributed by atoms with E-state index in [1.165, 1.54) is 12.1 Å². The lowest BCUT2D eigenvalue weighted by atomic mass is 10.0. The van der Waals surface area contributed by atoms with Crippen LogP contribution in [0.3, 0.4) is 0 Å². The van der Waals surface area contributed by atoms with Gasteiger partial charge in [-0.25, -0.2) is 19.2 Å². The summed E-state index contributed by atoms with van der Waals surface area (Å²) in [6.45, 7) is 0. The maximum absolute atomic E-state index is 13.8. The smallest absolute Gasteiger partial charge is 0.143 e. The fourth-order valence-electron chi connectivity index (χ4n) is 1.66. The zero-order valence-electron chi connectivity index (χ0n) is 9.25. The molecular weight excluding hydrogens is 306 g/mol. The summed E-state index contributed by atoms with van der Waals surface area (Å²) >= 11 is 3.02. The van der Waals surface area contributed by atoms with E-state index in [1.54, 1.807) is 12.4 Å². The number of benzene rings is 1. The molecule has 0 saturated carbocycles. The quantitative estimate of drug-likeness (QED) is 0.460. The molecular formula is C11H11BrF2N4. The van der Waals surface area contributed by atoms with Crippen LogP contribution in [0.25, 0.3) is 0 Å². The summed E-state index contributed by atoms with van der Waals surface area (Å²) in [6, 6.07) is 2.04. The van der Waals surface area contributed by atoms with E-state index in [-0.39, 0.29) is 16.5 Å². The average Bonchev–Trinajstić information content (AvgIpc) is 2.88. The van der Waals surface area contributed by atoms with Crippen molar-refractivity contribution in [3.63, 3.8) is 0 Å². The second kappa shape index (κ2) is 5.55. The zero-order valence-corrected chi connectivity index (χ0v) is 10.8. The number of nitrogens with one attached hydrogen (secondary N) is 2. The van der Waals surface area contributed by atoms with E-state index in [0.717, 1.165) is 0 Å². The number of nitrogens with zero attached hydrogens (tertiary/aromatic N) is 1. The fraction of sp³-hybridized carbons (Fsp3) is 0.182. The molecule has 1 unspecified atom stereocenters. The van der Waals surface area contributed by atoms with Crippen LogP contribution in [-0.2, 0) is 6.42 Å². The highest BCUT2D eigenvalue weighted by atomic mass is 79.9. The topological polar surface area (TPSA) is 66.7 Å². The largest absolute Gasteiger partial charge is 0.347 e. The van der Waals surface area contributed by atoms with Gasteiger partial charge in [-0.15, -0.1) is 0 Å². The first-order valence-corrected chi connectivity index (χ1v) is 6.00. The van der Waals surface area contributed by atoms with Gasteiger partial charge in [0.25, 0.3) is 0 Å². The van der Waals surface area contributed by atoms with Gasteiger partial charge < -0.3 is 4.98 Å². The van der Waals surface area contributed by atoms with E-state index >= 15 is 0 Å². The molecule has 0 spiro atoms. The Morgan fingerprint density at radius 2 is 2.22 bits per heavy atom. The lowest BCUT2D eigenvalue weighted by Gasteiger charge is -2.15. The molecule has 18 heavy (non-hydrogen) atoms. The Morgan fingerprint density at radius 1 is 1.44 bits per heavy atom. The number of imidazole rings is 1. The molecule has 0 bridgehead atoms. The number of halogens is 3. The Morgan fingerprint density at radius 3 is 2.83 bits per heavy atom. The molecule has 0 aliphatic heterocycles. The maximum atomic E-state index is 13.8. The van der Waals surface area contributed by atoms with Crippen molar-refractivity contribution in [2.75, 3.05) is 0 Å². The molecule has 0 aliphatic rings. The lowest BCUT2D eigenvalue weighted by Crippen LogP contribution is -2.31. The summed E-state index contributed by atoms with van der Waals surface area (Å²) in [5.74, 6) is 4.68. The molecule has 2 aromatic rings. The first-order valence-electron chi connectivity index (χ1n) is 5.21. The molecule has 4 N–H and O–H groups in total. The number of nitrogens with two attached hydrogens (primary N) is 1. The van der Waals surface area contributed by atoms with Gasteiger partial charge in [-0.2, -0.15) is 0 Å². The Kier molecular flexibility index (Phi) is 4.05. The van der Waals surface area contributed by atoms with Crippen LogP contribution in [0.4, 0.5) is 8.78 Å². The molecule has 1 atom stereocenters. The molecule has 0 aliphatic carbocycles. The van der Waals surface area contributed by atoms with Gasteiger partial charge in [0.05, 0.1) is 10.5 Å². The van der Waals surface area contributed by atoms with Crippen molar-refractivity contribution in [3.05, 3.63) is 52.0 Å². The van der Waals surface area contributed by atoms with Crippen molar-refractivity contribution < 1.29 is 8.78 Å². The van der Waals surface area contributed by atoms with Crippen LogP contribution in [0.5, 0.6) is 0 Å². The number of hydrogen-bond donors (Lipinski definition) is 3. The second-order valence-electron chi connectivity index (χ2n) is 3.72. The first kappa shape index (κ1) is 13.1. The SMILES string of the molecule is NNC(Cc1c(F)ccc(Br)c1F)c1ncc[nH]1. The minimum absolute atomic E-state index is 0.0382. The number of aromatic nitrogens is 2. The Labute approximate surface area is 111 Å². The number of rotatable bonds is 4. The van der Waals surface area contributed by atoms with Crippen LogP contribution in [0, 0.1) is 11.6 Å². The molecule has 1 aromatic carbocycles. The summed E-state index contributed by atoms with van der Waals surface area (Å²) in [5, 5.41) is 0. The van der Waals surface area contributed by atoms with Crippen LogP contribution in [0.15, 0.2) is 29.0 Å². The summed E-state index contributed by atoms with van der Waals surface area (Å²) in [6.07, 6.45) is 3.22. The van der Waals surface area contributed by atoms with Crippen LogP contribution in [0.2, 0.25) is 0 Å². The first-order chi connectivity index (χ1) is 8.63. The Bertz CT molecular complexity index is 530. The van der Waals surface area contributed by atoms with Gasteiger partial charge in [-0.1, -0.05) is 0 Å². The maximum Gasteiger partial charge on any atom is 0.143 e. The highest BCUT2D eigenvalue weighted by Crippen LogP contribution is 2.25. The molecule has 7 heteroatoms. The van der Waals surface area contributed by atoms with Crippen molar-refractivity contribution in [1.82, 2.24) is 15.4 Å². The van der Waals surface area contributed by atoms with E-state index in [2.05, 4.69) is 31.3 Å². The molecule has 0 amide bonds. The van der Waals surface area contributed by atoms with Crippen molar-refractivity contribution >= 4 is 15.9 Å². The molecule has 0 saturated heterocycles. The molecule has 4 nitrogen and oxygen atoms in total. The van der Waals surface area contributed by atoms with Crippen LogP contribution in [0.1, 0.15) is 17.4 Å². The molecule has 1 aromatic heterocycles. The monoisotopic (exact) mass is 316 g/mol. The molecule has 2 rings (SSSR count). The fourth-order valence-corrected chi connectivity index (χ4v) is 2.03. The molecule has 96 valence electrons. The average molecular weight is 317 g/mol. The van der Waals surface area contributed by atoms with Crippen molar-refractivity contribution in [2.45, 2.75) is 12.5 Å². The van der Waals surface area contributed by atoms with E-state index in [0.29, 0.717) is 5.82 Å². The summed E-state index contributed by atoms with van der Waals surface area (Å²) in [4.78, 5) is 6.86. The summed E-state index contributed by atoms with van der Waals surface area (Å²) < 4.78 is 27.6. The van der Waals surface area contributed by atoms with Gasteiger partial charge in [0, 0.05) is 24.4 Å². The van der Waals surface area contributed by atoms with Crippen LogP contribution < -0.4 is 11.3 Å². The van der Waals surface area contributed by atoms with E-state index in [9.17, 15) is 8.78 Å². The van der Waals surface area contributed by atoms with E-state index in [1.807, 2.05) is 0 Å². The third-order valence-corrected chi connectivity index (χ3v) is 3.21. The summed E-state index contributed by atoms with van der Waals surface area (Å²) in [7, 11) is 0.